The second kappa shape index (κ2) is 5.98. The van der Waals surface area contributed by atoms with Gasteiger partial charge in [0, 0.05) is 12.1 Å². The van der Waals surface area contributed by atoms with Gasteiger partial charge in [-0.1, -0.05) is 0 Å². The number of halogens is 3. The van der Waals surface area contributed by atoms with Crippen LogP contribution in [0.15, 0.2) is 18.2 Å². The number of hydrogen-bond acceptors (Lipinski definition) is 4. The summed E-state index contributed by atoms with van der Waals surface area (Å²) in [6.07, 6.45) is -4.69. The minimum Gasteiger partial charge on any atom is -0.481 e. The van der Waals surface area contributed by atoms with Gasteiger partial charge in [0.1, 0.15) is 5.69 Å². The van der Waals surface area contributed by atoms with Crippen molar-refractivity contribution in [1.82, 2.24) is 0 Å². The van der Waals surface area contributed by atoms with E-state index in [4.69, 9.17) is 5.11 Å². The third-order valence-electron chi connectivity index (χ3n) is 3.04. The lowest BCUT2D eigenvalue weighted by Gasteiger charge is -2.19. The highest BCUT2D eigenvalue weighted by Crippen LogP contribution is 2.35. The fraction of sp³-hybridized carbons (Fsp3) is 0.417. The van der Waals surface area contributed by atoms with Crippen molar-refractivity contribution in [2.24, 2.45) is 5.92 Å². The van der Waals surface area contributed by atoms with Crippen LogP contribution in [0.1, 0.15) is 19.4 Å². The summed E-state index contributed by atoms with van der Waals surface area (Å²) in [7, 11) is 0. The van der Waals surface area contributed by atoms with Crippen LogP contribution < -0.4 is 5.32 Å². The minimum atomic E-state index is -4.69. The van der Waals surface area contributed by atoms with Crippen molar-refractivity contribution >= 4 is 17.3 Å². The molecule has 2 unspecified atom stereocenters. The van der Waals surface area contributed by atoms with Gasteiger partial charge in [0.2, 0.25) is 0 Å². The number of nitro groups is 1. The molecule has 6 nitrogen and oxygen atoms in total. The zero-order valence-electron chi connectivity index (χ0n) is 11.1. The highest BCUT2D eigenvalue weighted by Gasteiger charge is 2.33. The standard InChI is InChI=1S/C12H13F3N2O4/c1-6(11(18)19)7(2)16-9-4-3-8(12(13,14)15)5-10(9)17(20)21/h3-7,16H,1-2H3,(H,18,19). The van der Waals surface area contributed by atoms with Gasteiger partial charge < -0.3 is 10.4 Å². The Balaban J connectivity index is 3.13. The van der Waals surface area contributed by atoms with Crippen molar-refractivity contribution in [2.75, 3.05) is 5.32 Å². The average Bonchev–Trinajstić information content (AvgIpc) is 2.36. The fourth-order valence-corrected chi connectivity index (χ4v) is 1.57. The van der Waals surface area contributed by atoms with Gasteiger partial charge in [-0.05, 0) is 26.0 Å². The lowest BCUT2D eigenvalue weighted by atomic mass is 10.0. The van der Waals surface area contributed by atoms with Gasteiger partial charge in [-0.2, -0.15) is 13.2 Å². The Morgan fingerprint density at radius 2 is 1.95 bits per heavy atom. The molecule has 2 N–H and O–H groups in total. The molecule has 0 aliphatic rings. The molecule has 0 saturated carbocycles. The van der Waals surface area contributed by atoms with E-state index in [-0.39, 0.29) is 5.69 Å². The summed E-state index contributed by atoms with van der Waals surface area (Å²) in [5.41, 5.74) is -2.05. The van der Waals surface area contributed by atoms with E-state index in [9.17, 15) is 28.1 Å². The highest BCUT2D eigenvalue weighted by atomic mass is 19.4. The van der Waals surface area contributed by atoms with Crippen LogP contribution in [-0.4, -0.2) is 22.0 Å². The van der Waals surface area contributed by atoms with Crippen molar-refractivity contribution in [3.63, 3.8) is 0 Å². The number of benzene rings is 1. The summed E-state index contributed by atoms with van der Waals surface area (Å²) in [6, 6.07) is 1.35. The van der Waals surface area contributed by atoms with Gasteiger partial charge in [0.15, 0.2) is 0 Å². The Kier molecular flexibility index (Phi) is 4.77. The first-order valence-electron chi connectivity index (χ1n) is 5.89. The van der Waals surface area contributed by atoms with E-state index in [1.165, 1.54) is 13.8 Å². The predicted molar refractivity (Wildman–Crippen MR) is 68.0 cm³/mol. The molecule has 1 aromatic carbocycles. The average molecular weight is 306 g/mol. The molecule has 1 aromatic rings. The zero-order valence-corrected chi connectivity index (χ0v) is 11.1. The van der Waals surface area contributed by atoms with Crippen molar-refractivity contribution in [3.05, 3.63) is 33.9 Å². The molecule has 0 amide bonds. The van der Waals surface area contributed by atoms with E-state index in [2.05, 4.69) is 5.32 Å². The second-order valence-electron chi connectivity index (χ2n) is 4.55. The van der Waals surface area contributed by atoms with Gasteiger partial charge in [0.25, 0.3) is 5.69 Å². The molecular weight excluding hydrogens is 293 g/mol. The lowest BCUT2D eigenvalue weighted by Crippen LogP contribution is -2.30. The van der Waals surface area contributed by atoms with Crippen LogP contribution in [0.2, 0.25) is 0 Å². The predicted octanol–water partition coefficient (Wildman–Crippen LogP) is 3.13. The molecule has 0 aliphatic carbocycles. The van der Waals surface area contributed by atoms with Gasteiger partial charge in [-0.25, -0.2) is 0 Å². The number of carbonyl (C=O) groups is 1. The number of carboxylic acid groups (broad SMARTS) is 1. The van der Waals surface area contributed by atoms with Crippen molar-refractivity contribution in [2.45, 2.75) is 26.1 Å². The number of anilines is 1. The van der Waals surface area contributed by atoms with E-state index < -0.39 is 40.3 Å². The maximum absolute atomic E-state index is 12.5. The SMILES string of the molecule is CC(Nc1ccc(C(F)(F)F)cc1[N+](=O)[O-])C(C)C(=O)O. The molecule has 0 aromatic heterocycles. The summed E-state index contributed by atoms with van der Waals surface area (Å²) in [5, 5.41) is 22.3. The number of alkyl halides is 3. The topological polar surface area (TPSA) is 92.5 Å². The van der Waals surface area contributed by atoms with Crippen LogP contribution in [0.3, 0.4) is 0 Å². The van der Waals surface area contributed by atoms with Crippen LogP contribution in [0.4, 0.5) is 24.5 Å². The first-order chi connectivity index (χ1) is 9.54. The Morgan fingerprint density at radius 3 is 2.38 bits per heavy atom. The lowest BCUT2D eigenvalue weighted by molar-refractivity contribution is -0.384. The zero-order chi connectivity index (χ0) is 16.4. The first-order valence-corrected chi connectivity index (χ1v) is 5.89. The normalized spacial score (nSPS) is 14.3. The van der Waals surface area contributed by atoms with Crippen LogP contribution in [0.5, 0.6) is 0 Å². The molecule has 0 fully saturated rings. The number of nitrogens with one attached hydrogen (secondary N) is 1. The van der Waals surface area contributed by atoms with Crippen molar-refractivity contribution in [3.8, 4) is 0 Å². The maximum atomic E-state index is 12.5. The first kappa shape index (κ1) is 16.7. The molecule has 116 valence electrons. The molecule has 1 rings (SSSR count). The molecular formula is C12H13F3N2O4. The summed E-state index contributed by atoms with van der Waals surface area (Å²) in [4.78, 5) is 20.7. The van der Waals surface area contributed by atoms with Crippen LogP contribution in [0.25, 0.3) is 0 Å². The van der Waals surface area contributed by atoms with Gasteiger partial charge in [-0.3, -0.25) is 14.9 Å². The Hall–Kier alpha value is -2.32. The molecule has 0 spiro atoms. The molecule has 0 heterocycles. The van der Waals surface area contributed by atoms with Crippen molar-refractivity contribution in [1.29, 1.82) is 0 Å². The summed E-state index contributed by atoms with van der Waals surface area (Å²) in [5.74, 6) is -1.99. The molecule has 0 bridgehead atoms. The van der Waals surface area contributed by atoms with Crippen LogP contribution >= 0.6 is 0 Å². The monoisotopic (exact) mass is 306 g/mol. The maximum Gasteiger partial charge on any atom is 0.416 e. The fourth-order valence-electron chi connectivity index (χ4n) is 1.57. The number of hydrogen-bond donors (Lipinski definition) is 2. The van der Waals surface area contributed by atoms with Crippen LogP contribution in [0, 0.1) is 16.0 Å². The number of aliphatic carboxylic acids is 1. The van der Waals surface area contributed by atoms with E-state index in [0.29, 0.717) is 12.1 Å². The third kappa shape index (κ3) is 4.07. The highest BCUT2D eigenvalue weighted by molar-refractivity contribution is 5.72. The smallest absolute Gasteiger partial charge is 0.416 e. The molecule has 0 saturated heterocycles. The number of rotatable bonds is 5. The van der Waals surface area contributed by atoms with E-state index in [1.807, 2.05) is 0 Å². The number of carboxylic acids is 1. The molecule has 9 heteroatoms. The molecule has 0 aliphatic heterocycles. The molecule has 21 heavy (non-hydrogen) atoms. The summed E-state index contributed by atoms with van der Waals surface area (Å²) >= 11 is 0. The Labute approximate surface area is 117 Å². The summed E-state index contributed by atoms with van der Waals surface area (Å²) in [6.45, 7) is 2.86. The minimum absolute atomic E-state index is 0.159. The Morgan fingerprint density at radius 1 is 1.38 bits per heavy atom. The largest absolute Gasteiger partial charge is 0.481 e. The molecule has 2 atom stereocenters. The quantitative estimate of drug-likeness (QED) is 0.644. The summed E-state index contributed by atoms with van der Waals surface area (Å²) < 4.78 is 37.6. The molecule has 0 radical (unpaired) electrons. The number of nitro benzene ring substituents is 1. The van der Waals surface area contributed by atoms with E-state index >= 15 is 0 Å². The van der Waals surface area contributed by atoms with Gasteiger partial charge in [0.05, 0.1) is 16.4 Å². The van der Waals surface area contributed by atoms with Gasteiger partial charge >= 0.3 is 12.1 Å². The van der Waals surface area contributed by atoms with Crippen molar-refractivity contribution < 1.29 is 28.0 Å². The number of nitrogens with zero attached hydrogens (tertiary/aromatic N) is 1. The third-order valence-corrected chi connectivity index (χ3v) is 3.04. The van der Waals surface area contributed by atoms with Gasteiger partial charge in [-0.15, -0.1) is 0 Å². The van der Waals surface area contributed by atoms with Crippen LogP contribution in [-0.2, 0) is 11.0 Å². The second-order valence-corrected chi connectivity index (χ2v) is 4.55. The van der Waals surface area contributed by atoms with E-state index in [1.54, 1.807) is 0 Å². The van der Waals surface area contributed by atoms with E-state index in [0.717, 1.165) is 6.07 Å². The Bertz CT molecular complexity index is 560.